The van der Waals surface area contributed by atoms with E-state index in [1.54, 1.807) is 0 Å². The molecule has 1 fully saturated rings. The molecule has 6 heteroatoms. The summed E-state index contributed by atoms with van der Waals surface area (Å²) in [4.78, 5) is 12.1. The largest absolute Gasteiger partial charge is 0.339 e. The van der Waals surface area contributed by atoms with Crippen LogP contribution in [0.2, 0.25) is 5.02 Å². The molecule has 2 aliphatic heterocycles. The third-order valence-corrected chi connectivity index (χ3v) is 6.39. The van der Waals surface area contributed by atoms with E-state index in [9.17, 15) is 0 Å². The van der Waals surface area contributed by atoms with Crippen molar-refractivity contribution in [3.8, 4) is 5.69 Å². The molecule has 4 nitrogen and oxygen atoms in total. The molecule has 0 radical (unpaired) electrons. The first kappa shape index (κ1) is 16.9. The average molecular weight is 395 g/mol. The predicted molar refractivity (Wildman–Crippen MR) is 112 cm³/mol. The summed E-state index contributed by atoms with van der Waals surface area (Å²) in [5, 5.41) is 2.41. The quantitative estimate of drug-likeness (QED) is 0.618. The fourth-order valence-electron chi connectivity index (χ4n) is 3.93. The van der Waals surface area contributed by atoms with Crippen LogP contribution >= 0.6 is 23.4 Å². The molecule has 3 aromatic rings. The third-order valence-electron chi connectivity index (χ3n) is 5.05. The predicted octanol–water partition coefficient (Wildman–Crippen LogP) is 5.12. The van der Waals surface area contributed by atoms with Crippen molar-refractivity contribution in [3.05, 3.63) is 83.4 Å². The lowest BCUT2D eigenvalue weighted by Gasteiger charge is -2.28. The molecule has 2 aromatic heterocycles. The first-order valence-corrected chi connectivity index (χ1v) is 10.3. The number of thioether (sulfide) groups is 1. The maximum absolute atomic E-state index is 6.25. The van der Waals surface area contributed by atoms with Gasteiger partial charge in [0.25, 0.3) is 0 Å². The Balaban J connectivity index is 1.62. The molecule has 2 aliphatic rings. The number of rotatable bonds is 3. The molecule has 0 N–H and O–H groups in total. The SMILES string of the molecule is C[C@H]1CN2C(=N[C@@H](c3ccccn3)[C@@H]2c2cccn2-c2cccc(Cl)c2)S1. The van der Waals surface area contributed by atoms with Crippen molar-refractivity contribution in [2.45, 2.75) is 24.3 Å². The molecular formula is C21H19ClN4S. The first-order chi connectivity index (χ1) is 13.2. The fraction of sp³-hybridized carbons (Fsp3) is 0.238. The van der Waals surface area contributed by atoms with Crippen LogP contribution in [0.5, 0.6) is 0 Å². The zero-order chi connectivity index (χ0) is 18.4. The number of fused-ring (bicyclic) bond motifs is 1. The van der Waals surface area contributed by atoms with Crippen LogP contribution in [0.4, 0.5) is 0 Å². The molecule has 5 rings (SSSR count). The van der Waals surface area contributed by atoms with Crippen molar-refractivity contribution in [3.63, 3.8) is 0 Å². The normalized spacial score (nSPS) is 24.1. The van der Waals surface area contributed by atoms with Gasteiger partial charge in [-0.05, 0) is 42.5 Å². The van der Waals surface area contributed by atoms with Gasteiger partial charge in [0.15, 0.2) is 5.17 Å². The van der Waals surface area contributed by atoms with E-state index in [1.165, 1.54) is 5.69 Å². The second kappa shape index (κ2) is 6.73. The third kappa shape index (κ3) is 2.95. The summed E-state index contributed by atoms with van der Waals surface area (Å²) >= 11 is 8.10. The highest BCUT2D eigenvalue weighted by Crippen LogP contribution is 2.47. The van der Waals surface area contributed by atoms with E-state index in [2.05, 4.69) is 51.8 Å². The van der Waals surface area contributed by atoms with Crippen LogP contribution in [0.15, 0.2) is 72.0 Å². The summed E-state index contributed by atoms with van der Waals surface area (Å²) in [6.45, 7) is 3.26. The fourth-order valence-corrected chi connectivity index (χ4v) is 5.21. The Morgan fingerprint density at radius 2 is 2.04 bits per heavy atom. The highest BCUT2D eigenvalue weighted by atomic mass is 35.5. The molecule has 0 spiro atoms. The van der Waals surface area contributed by atoms with Crippen molar-refractivity contribution < 1.29 is 0 Å². The van der Waals surface area contributed by atoms with Crippen molar-refractivity contribution in [2.24, 2.45) is 4.99 Å². The summed E-state index contributed by atoms with van der Waals surface area (Å²) in [6.07, 6.45) is 3.95. The molecular weight excluding hydrogens is 376 g/mol. The Hall–Kier alpha value is -2.24. The van der Waals surface area contributed by atoms with E-state index in [0.717, 1.165) is 28.1 Å². The van der Waals surface area contributed by atoms with Crippen LogP contribution in [0, 0.1) is 0 Å². The van der Waals surface area contributed by atoms with Crippen molar-refractivity contribution in [1.82, 2.24) is 14.5 Å². The summed E-state index contributed by atoms with van der Waals surface area (Å²) in [6, 6.07) is 18.4. The number of halogens is 1. The van der Waals surface area contributed by atoms with Gasteiger partial charge in [-0.15, -0.1) is 0 Å². The number of aliphatic imine (C=N–C) groups is 1. The van der Waals surface area contributed by atoms with Gasteiger partial charge in [-0.1, -0.05) is 42.4 Å². The van der Waals surface area contributed by atoms with Crippen molar-refractivity contribution >= 4 is 28.5 Å². The number of benzene rings is 1. The standard InChI is InChI=1S/C21H19ClN4S/c1-14-13-26-20(19(24-21(26)27-14)17-8-2-3-10-23-17)18-9-5-11-25(18)16-7-4-6-15(22)12-16/h2-12,14,19-20H,13H2,1H3/t14-,19-,20-/m0/s1. The highest BCUT2D eigenvalue weighted by molar-refractivity contribution is 8.14. The van der Waals surface area contributed by atoms with Gasteiger partial charge < -0.3 is 9.47 Å². The summed E-state index contributed by atoms with van der Waals surface area (Å²) < 4.78 is 2.22. The minimum atomic E-state index is -0.00552. The number of nitrogens with zero attached hydrogens (tertiary/aromatic N) is 4. The van der Waals surface area contributed by atoms with Gasteiger partial charge in [0.2, 0.25) is 0 Å². The van der Waals surface area contributed by atoms with E-state index < -0.39 is 0 Å². The second-order valence-corrected chi connectivity index (χ2v) is 8.76. The van der Waals surface area contributed by atoms with Gasteiger partial charge in [0.1, 0.15) is 6.04 Å². The topological polar surface area (TPSA) is 33.4 Å². The summed E-state index contributed by atoms with van der Waals surface area (Å²) in [5.74, 6) is 0. The van der Waals surface area contributed by atoms with E-state index in [1.807, 2.05) is 48.3 Å². The van der Waals surface area contributed by atoms with E-state index >= 15 is 0 Å². The zero-order valence-corrected chi connectivity index (χ0v) is 16.4. The van der Waals surface area contributed by atoms with Gasteiger partial charge in [-0.25, -0.2) is 0 Å². The van der Waals surface area contributed by atoms with Gasteiger partial charge in [-0.3, -0.25) is 9.98 Å². The Morgan fingerprint density at radius 3 is 2.85 bits per heavy atom. The van der Waals surface area contributed by atoms with Gasteiger partial charge in [0, 0.05) is 40.6 Å². The van der Waals surface area contributed by atoms with Crippen LogP contribution in [-0.4, -0.2) is 31.4 Å². The molecule has 136 valence electrons. The summed E-state index contributed by atoms with van der Waals surface area (Å²) in [7, 11) is 0. The monoisotopic (exact) mass is 394 g/mol. The number of aromatic nitrogens is 2. The molecule has 1 saturated heterocycles. The molecule has 27 heavy (non-hydrogen) atoms. The van der Waals surface area contributed by atoms with Gasteiger partial charge in [-0.2, -0.15) is 0 Å². The van der Waals surface area contributed by atoms with Crippen LogP contribution in [0.3, 0.4) is 0 Å². The first-order valence-electron chi connectivity index (χ1n) is 9.06. The number of pyridine rings is 1. The lowest BCUT2D eigenvalue weighted by atomic mass is 10.0. The highest BCUT2D eigenvalue weighted by Gasteiger charge is 2.44. The molecule has 0 bridgehead atoms. The Kier molecular flexibility index (Phi) is 4.21. The van der Waals surface area contributed by atoms with Gasteiger partial charge in [0.05, 0.1) is 11.7 Å². The molecule has 1 aromatic carbocycles. The van der Waals surface area contributed by atoms with Crippen molar-refractivity contribution in [2.75, 3.05) is 6.54 Å². The maximum atomic E-state index is 6.25. The maximum Gasteiger partial charge on any atom is 0.160 e. The average Bonchev–Trinajstić information content (AvgIpc) is 3.36. The van der Waals surface area contributed by atoms with Crippen molar-refractivity contribution in [1.29, 1.82) is 0 Å². The van der Waals surface area contributed by atoms with Crippen LogP contribution < -0.4 is 0 Å². The minimum Gasteiger partial charge on any atom is -0.339 e. The molecule has 0 aliphatic carbocycles. The minimum absolute atomic E-state index is 0.00552. The lowest BCUT2D eigenvalue weighted by Crippen LogP contribution is -2.30. The number of amidine groups is 1. The van der Waals surface area contributed by atoms with E-state index in [0.29, 0.717) is 5.25 Å². The smallest absolute Gasteiger partial charge is 0.160 e. The second-order valence-electron chi connectivity index (χ2n) is 6.92. The lowest BCUT2D eigenvalue weighted by molar-refractivity contribution is 0.312. The van der Waals surface area contributed by atoms with Crippen LogP contribution in [-0.2, 0) is 0 Å². The Bertz CT molecular complexity index is 1000. The molecule has 0 saturated carbocycles. The Morgan fingerprint density at radius 1 is 1.11 bits per heavy atom. The van der Waals surface area contributed by atoms with E-state index in [-0.39, 0.29) is 12.1 Å². The molecule has 4 heterocycles. The van der Waals surface area contributed by atoms with Gasteiger partial charge >= 0.3 is 0 Å². The van der Waals surface area contributed by atoms with E-state index in [4.69, 9.17) is 16.6 Å². The molecule has 0 unspecified atom stereocenters. The van der Waals surface area contributed by atoms with Crippen LogP contribution in [0.25, 0.3) is 5.69 Å². The summed E-state index contributed by atoms with van der Waals surface area (Å²) in [5.41, 5.74) is 3.29. The van der Waals surface area contributed by atoms with Crippen LogP contribution in [0.1, 0.15) is 30.4 Å². The number of hydrogen-bond donors (Lipinski definition) is 0. The molecule has 0 amide bonds. The Labute approximate surface area is 167 Å². The molecule has 3 atom stereocenters. The number of hydrogen-bond acceptors (Lipinski definition) is 4. The zero-order valence-electron chi connectivity index (χ0n) is 14.9.